The molecule has 0 aliphatic heterocycles. The number of aryl methyl sites for hydroxylation is 1. The summed E-state index contributed by atoms with van der Waals surface area (Å²) in [6.07, 6.45) is 0. The van der Waals surface area contributed by atoms with Crippen LogP contribution in [0.2, 0.25) is 0 Å². The highest BCUT2D eigenvalue weighted by molar-refractivity contribution is 7.89. The molecule has 1 aromatic rings. The number of rotatable bonds is 5. The monoisotopic (exact) mass is 271 g/mol. The number of likely N-dealkylation sites (N-methyl/N-ethyl adjacent to an activating group) is 1. The van der Waals surface area contributed by atoms with Crippen LogP contribution in [0.15, 0.2) is 23.1 Å². The minimum Gasteiger partial charge on any atom is -0.398 e. The number of nitrogens with one attached hydrogen (secondary N) is 1. The maximum Gasteiger partial charge on any atom is 0.240 e. The Hall–Kier alpha value is -1.11. The minimum atomic E-state index is -3.50. The van der Waals surface area contributed by atoms with Gasteiger partial charge in [0.2, 0.25) is 10.0 Å². The Morgan fingerprint density at radius 1 is 1.39 bits per heavy atom. The van der Waals surface area contributed by atoms with Crippen molar-refractivity contribution < 1.29 is 8.42 Å². The van der Waals surface area contributed by atoms with E-state index in [1.165, 1.54) is 6.07 Å². The first-order chi connectivity index (χ1) is 8.22. The Labute approximate surface area is 109 Å². The van der Waals surface area contributed by atoms with Gasteiger partial charge in [-0.2, -0.15) is 0 Å². The number of nitrogens with two attached hydrogens (primary N) is 1. The van der Waals surface area contributed by atoms with Crippen molar-refractivity contribution in [3.05, 3.63) is 23.8 Å². The van der Waals surface area contributed by atoms with E-state index in [0.717, 1.165) is 5.56 Å². The Morgan fingerprint density at radius 3 is 2.50 bits per heavy atom. The Morgan fingerprint density at radius 2 is 2.00 bits per heavy atom. The molecule has 1 rings (SSSR count). The number of hydrogen-bond donors (Lipinski definition) is 2. The molecule has 1 aromatic carbocycles. The molecule has 1 unspecified atom stereocenters. The second-order valence-electron chi connectivity index (χ2n) is 4.80. The van der Waals surface area contributed by atoms with Crippen LogP contribution >= 0.6 is 0 Å². The molecular weight excluding hydrogens is 250 g/mol. The van der Waals surface area contributed by atoms with Gasteiger partial charge in [0, 0.05) is 18.3 Å². The van der Waals surface area contributed by atoms with Crippen LogP contribution in [-0.4, -0.2) is 40.0 Å². The van der Waals surface area contributed by atoms with E-state index >= 15 is 0 Å². The van der Waals surface area contributed by atoms with E-state index in [0.29, 0.717) is 12.2 Å². The summed E-state index contributed by atoms with van der Waals surface area (Å²) in [5.74, 6) is 0. The van der Waals surface area contributed by atoms with Crippen molar-refractivity contribution in [1.82, 2.24) is 9.62 Å². The van der Waals surface area contributed by atoms with Gasteiger partial charge in [0.25, 0.3) is 0 Å². The topological polar surface area (TPSA) is 75.4 Å². The van der Waals surface area contributed by atoms with E-state index < -0.39 is 10.0 Å². The van der Waals surface area contributed by atoms with E-state index in [1.54, 1.807) is 12.1 Å². The normalized spacial score (nSPS) is 13.8. The molecule has 0 saturated heterocycles. The lowest BCUT2D eigenvalue weighted by Crippen LogP contribution is -2.39. The zero-order chi connectivity index (χ0) is 13.9. The number of anilines is 1. The van der Waals surface area contributed by atoms with Gasteiger partial charge >= 0.3 is 0 Å². The van der Waals surface area contributed by atoms with E-state index in [1.807, 2.05) is 32.8 Å². The van der Waals surface area contributed by atoms with Crippen molar-refractivity contribution in [2.75, 3.05) is 26.4 Å². The third kappa shape index (κ3) is 3.97. The number of benzene rings is 1. The summed E-state index contributed by atoms with van der Waals surface area (Å²) in [5.41, 5.74) is 7.08. The summed E-state index contributed by atoms with van der Waals surface area (Å²) in [7, 11) is 0.294. The van der Waals surface area contributed by atoms with Crippen LogP contribution in [0.3, 0.4) is 0 Å². The smallest absolute Gasteiger partial charge is 0.240 e. The molecule has 0 spiro atoms. The standard InChI is InChI=1S/C12H21N3O2S/c1-9-5-6-11(7-12(9)13)18(16,17)14-10(2)8-15(3)4/h5-7,10,14H,8,13H2,1-4H3. The lowest BCUT2D eigenvalue weighted by atomic mass is 10.2. The molecule has 3 N–H and O–H groups in total. The second kappa shape index (κ2) is 5.69. The first kappa shape index (κ1) is 14.9. The third-order valence-corrected chi connectivity index (χ3v) is 4.14. The molecule has 0 fully saturated rings. The van der Waals surface area contributed by atoms with Crippen molar-refractivity contribution in [2.45, 2.75) is 24.8 Å². The van der Waals surface area contributed by atoms with E-state index in [-0.39, 0.29) is 10.9 Å². The number of sulfonamides is 1. The molecule has 0 aromatic heterocycles. The summed E-state index contributed by atoms with van der Waals surface area (Å²) in [6, 6.07) is 4.60. The number of nitrogen functional groups attached to an aromatic ring is 1. The zero-order valence-corrected chi connectivity index (χ0v) is 12.1. The Bertz CT molecular complexity index is 512. The first-order valence-corrected chi connectivity index (χ1v) is 7.24. The van der Waals surface area contributed by atoms with E-state index in [2.05, 4.69) is 4.72 Å². The van der Waals surface area contributed by atoms with Gasteiger partial charge in [-0.25, -0.2) is 13.1 Å². The van der Waals surface area contributed by atoms with Crippen LogP contribution in [0.5, 0.6) is 0 Å². The fourth-order valence-corrected chi connectivity index (χ4v) is 2.97. The maximum atomic E-state index is 12.1. The molecule has 6 heteroatoms. The number of hydrogen-bond acceptors (Lipinski definition) is 4. The fourth-order valence-electron chi connectivity index (χ4n) is 1.70. The molecule has 0 heterocycles. The van der Waals surface area contributed by atoms with Gasteiger partial charge in [0.15, 0.2) is 0 Å². The van der Waals surface area contributed by atoms with Crippen LogP contribution in [0, 0.1) is 6.92 Å². The van der Waals surface area contributed by atoms with Crippen molar-refractivity contribution >= 4 is 15.7 Å². The van der Waals surface area contributed by atoms with E-state index in [9.17, 15) is 8.42 Å². The van der Waals surface area contributed by atoms with Crippen molar-refractivity contribution in [3.8, 4) is 0 Å². The van der Waals surface area contributed by atoms with Gasteiger partial charge < -0.3 is 10.6 Å². The average molecular weight is 271 g/mol. The summed E-state index contributed by atoms with van der Waals surface area (Å²) in [5, 5.41) is 0. The van der Waals surface area contributed by atoms with E-state index in [4.69, 9.17) is 5.73 Å². The molecule has 18 heavy (non-hydrogen) atoms. The Balaban J connectivity index is 2.89. The molecule has 0 radical (unpaired) electrons. The largest absolute Gasteiger partial charge is 0.398 e. The quantitative estimate of drug-likeness (QED) is 0.777. The van der Waals surface area contributed by atoms with Crippen LogP contribution in [0.25, 0.3) is 0 Å². The molecule has 0 amide bonds. The van der Waals surface area contributed by atoms with Crippen LogP contribution < -0.4 is 10.5 Å². The molecule has 0 aliphatic carbocycles. The van der Waals surface area contributed by atoms with Gasteiger partial charge in [-0.15, -0.1) is 0 Å². The highest BCUT2D eigenvalue weighted by Crippen LogP contribution is 2.17. The SMILES string of the molecule is Cc1ccc(S(=O)(=O)NC(C)CN(C)C)cc1N. The van der Waals surface area contributed by atoms with Crippen LogP contribution in [-0.2, 0) is 10.0 Å². The Kier molecular flexibility index (Phi) is 4.72. The molecule has 0 saturated carbocycles. The minimum absolute atomic E-state index is 0.160. The van der Waals surface area contributed by atoms with Gasteiger partial charge in [-0.05, 0) is 45.6 Å². The average Bonchev–Trinajstić information content (AvgIpc) is 2.19. The molecule has 1 atom stereocenters. The van der Waals surface area contributed by atoms with Crippen molar-refractivity contribution in [2.24, 2.45) is 0 Å². The van der Waals surface area contributed by atoms with Gasteiger partial charge in [0.1, 0.15) is 0 Å². The summed E-state index contributed by atoms with van der Waals surface area (Å²) in [6.45, 7) is 4.31. The van der Waals surface area contributed by atoms with Gasteiger partial charge in [0.05, 0.1) is 4.90 Å². The summed E-state index contributed by atoms with van der Waals surface area (Å²) >= 11 is 0. The lowest BCUT2D eigenvalue weighted by Gasteiger charge is -2.18. The highest BCUT2D eigenvalue weighted by atomic mass is 32.2. The first-order valence-electron chi connectivity index (χ1n) is 5.75. The second-order valence-corrected chi connectivity index (χ2v) is 6.52. The molecule has 0 aliphatic rings. The summed E-state index contributed by atoms with van der Waals surface area (Å²) < 4.78 is 26.8. The predicted molar refractivity (Wildman–Crippen MR) is 73.9 cm³/mol. The van der Waals surface area contributed by atoms with Crippen molar-refractivity contribution in [3.63, 3.8) is 0 Å². The maximum absolute atomic E-state index is 12.1. The highest BCUT2D eigenvalue weighted by Gasteiger charge is 2.18. The van der Waals surface area contributed by atoms with Crippen LogP contribution in [0.4, 0.5) is 5.69 Å². The van der Waals surface area contributed by atoms with Crippen molar-refractivity contribution in [1.29, 1.82) is 0 Å². The van der Waals surface area contributed by atoms with Crippen LogP contribution in [0.1, 0.15) is 12.5 Å². The fraction of sp³-hybridized carbons (Fsp3) is 0.500. The molecular formula is C12H21N3O2S. The molecule has 102 valence electrons. The molecule has 5 nitrogen and oxygen atoms in total. The third-order valence-electron chi connectivity index (χ3n) is 2.56. The lowest BCUT2D eigenvalue weighted by molar-refractivity contribution is 0.370. The number of nitrogens with zero attached hydrogens (tertiary/aromatic N) is 1. The predicted octanol–water partition coefficient (Wildman–Crippen LogP) is 0.806. The summed E-state index contributed by atoms with van der Waals surface area (Å²) in [4.78, 5) is 2.13. The zero-order valence-electron chi connectivity index (χ0n) is 11.3. The molecule has 0 bridgehead atoms. The van der Waals surface area contributed by atoms with Gasteiger partial charge in [-0.1, -0.05) is 6.07 Å². The van der Waals surface area contributed by atoms with Gasteiger partial charge in [-0.3, -0.25) is 0 Å².